The molecule has 0 bridgehead atoms. The van der Waals surface area contributed by atoms with Crippen molar-refractivity contribution in [1.82, 2.24) is 5.32 Å². The number of likely N-dealkylation sites (N-methyl/N-ethyl adjacent to an activating group) is 1. The van der Waals surface area contributed by atoms with Crippen molar-refractivity contribution in [3.05, 3.63) is 34.4 Å². The van der Waals surface area contributed by atoms with Crippen LogP contribution in [0.1, 0.15) is 97.0 Å². The summed E-state index contributed by atoms with van der Waals surface area (Å²) in [4.78, 5) is 25.5. The van der Waals surface area contributed by atoms with E-state index in [0.717, 1.165) is 83.0 Å². The van der Waals surface area contributed by atoms with Crippen molar-refractivity contribution in [1.29, 1.82) is 0 Å². The Hall–Kier alpha value is -1.86. The Balaban J connectivity index is 1.23. The van der Waals surface area contributed by atoms with Gasteiger partial charge in [-0.2, -0.15) is 0 Å². The van der Waals surface area contributed by atoms with E-state index in [1.54, 1.807) is 6.26 Å². The van der Waals surface area contributed by atoms with Gasteiger partial charge in [-0.3, -0.25) is 0 Å². The predicted molar refractivity (Wildman–Crippen MR) is 146 cm³/mol. The SMILES string of the molecule is CC[NH+](CC)CCNC(=O)O[C@H]1CC[C@@]2(C)C(CC[C@@H]3[C@@H]2CC[C@]2(C)[C@@H](c4ccc(=O)oc4)CC[C@]32O)C1. The molecule has 1 amide bonds. The summed E-state index contributed by atoms with van der Waals surface area (Å²) in [5.41, 5.74) is 0.0171. The number of carbonyl (C=O) groups excluding carboxylic acids is 1. The lowest BCUT2D eigenvalue weighted by atomic mass is 9.43. The van der Waals surface area contributed by atoms with Gasteiger partial charge in [0.1, 0.15) is 6.10 Å². The van der Waals surface area contributed by atoms with Crippen LogP contribution in [0.5, 0.6) is 0 Å². The van der Waals surface area contributed by atoms with Crippen molar-refractivity contribution in [3.8, 4) is 0 Å². The number of fused-ring (bicyclic) bond motifs is 5. The third-order valence-corrected chi connectivity index (χ3v) is 12.0. The molecule has 1 aromatic heterocycles. The fraction of sp³-hybridized carbons (Fsp3) is 0.806. The van der Waals surface area contributed by atoms with E-state index < -0.39 is 5.60 Å². The van der Waals surface area contributed by atoms with Gasteiger partial charge < -0.3 is 24.5 Å². The third-order valence-electron chi connectivity index (χ3n) is 12.0. The Morgan fingerprint density at radius 1 is 1.08 bits per heavy atom. The topological polar surface area (TPSA) is 93.2 Å². The van der Waals surface area contributed by atoms with E-state index in [9.17, 15) is 14.7 Å². The number of hydrogen-bond donors (Lipinski definition) is 3. The van der Waals surface area contributed by atoms with Gasteiger partial charge in [-0.05, 0) is 112 Å². The fourth-order valence-corrected chi connectivity index (χ4v) is 9.53. The Kier molecular flexibility index (Phi) is 7.73. The molecule has 4 aliphatic rings. The highest BCUT2D eigenvalue weighted by Gasteiger charge is 2.67. The van der Waals surface area contributed by atoms with Gasteiger partial charge in [-0.25, -0.2) is 9.59 Å². The number of alkyl carbamates (subject to hydrolysis) is 1. The van der Waals surface area contributed by atoms with Gasteiger partial charge in [0.15, 0.2) is 0 Å². The summed E-state index contributed by atoms with van der Waals surface area (Å²) in [6, 6.07) is 3.42. The summed E-state index contributed by atoms with van der Waals surface area (Å²) < 4.78 is 11.1. The van der Waals surface area contributed by atoms with Crippen LogP contribution < -0.4 is 15.8 Å². The maximum absolute atomic E-state index is 12.5. The highest BCUT2D eigenvalue weighted by molar-refractivity contribution is 5.67. The number of nitrogens with one attached hydrogen (secondary N) is 2. The maximum atomic E-state index is 12.5. The van der Waals surface area contributed by atoms with Gasteiger partial charge in [0.2, 0.25) is 0 Å². The first-order chi connectivity index (χ1) is 18.1. The van der Waals surface area contributed by atoms with Crippen LogP contribution in [-0.4, -0.2) is 49.1 Å². The van der Waals surface area contributed by atoms with Crippen LogP contribution in [0.4, 0.5) is 4.79 Å². The average molecular weight is 530 g/mol. The largest absolute Gasteiger partial charge is 0.446 e. The van der Waals surface area contributed by atoms with Crippen LogP contribution in [0, 0.1) is 28.6 Å². The number of quaternary nitrogens is 1. The zero-order chi connectivity index (χ0) is 27.1. The molecule has 212 valence electrons. The summed E-state index contributed by atoms with van der Waals surface area (Å²) in [6.45, 7) is 12.8. The second-order valence-corrected chi connectivity index (χ2v) is 13.3. The quantitative estimate of drug-likeness (QED) is 0.498. The number of rotatable bonds is 7. The molecule has 8 atom stereocenters. The number of carbonyl (C=O) groups is 1. The number of amides is 1. The molecule has 7 nitrogen and oxygen atoms in total. The highest BCUT2D eigenvalue weighted by Crippen LogP contribution is 2.70. The van der Waals surface area contributed by atoms with Gasteiger partial charge in [-0.1, -0.05) is 13.8 Å². The molecule has 4 saturated carbocycles. The van der Waals surface area contributed by atoms with Crippen molar-refractivity contribution >= 4 is 6.09 Å². The van der Waals surface area contributed by atoms with E-state index in [2.05, 4.69) is 33.0 Å². The minimum atomic E-state index is -0.690. The summed E-state index contributed by atoms with van der Waals surface area (Å²) in [5.74, 6) is 1.54. The molecule has 0 aromatic carbocycles. The molecule has 3 N–H and O–H groups in total. The minimum Gasteiger partial charge on any atom is -0.446 e. The van der Waals surface area contributed by atoms with E-state index in [0.29, 0.717) is 24.3 Å². The van der Waals surface area contributed by atoms with Gasteiger partial charge in [0.25, 0.3) is 0 Å². The van der Waals surface area contributed by atoms with Gasteiger partial charge in [0.05, 0.1) is 38.0 Å². The molecule has 1 heterocycles. The maximum Gasteiger partial charge on any atom is 0.407 e. The number of ether oxygens (including phenoxy) is 1. The van der Waals surface area contributed by atoms with E-state index in [1.165, 1.54) is 11.0 Å². The van der Waals surface area contributed by atoms with Gasteiger partial charge in [-0.15, -0.1) is 0 Å². The van der Waals surface area contributed by atoms with Gasteiger partial charge in [0, 0.05) is 11.5 Å². The molecule has 1 unspecified atom stereocenters. The first-order valence-corrected chi connectivity index (χ1v) is 15.2. The van der Waals surface area contributed by atoms with Crippen LogP contribution in [0.15, 0.2) is 27.6 Å². The average Bonchev–Trinajstić information content (AvgIpc) is 3.18. The molecule has 0 saturated heterocycles. The van der Waals surface area contributed by atoms with E-state index in [4.69, 9.17) is 9.15 Å². The van der Waals surface area contributed by atoms with E-state index in [-0.39, 0.29) is 34.6 Å². The van der Waals surface area contributed by atoms with Crippen molar-refractivity contribution in [2.24, 2.45) is 28.6 Å². The standard InChI is InChI=1S/C31H48N2O5/c1-5-33(6-2)18-17-32-28(35)38-23-11-14-29(3)22(19-23)8-9-26-25(29)12-15-30(4)24(13-16-31(26,30)36)21-7-10-27(34)37-20-21/h7,10,20,22-26,36H,5-6,8-9,11-19H2,1-4H3,(H,32,35)/p+1/t22?,23-,24+,25-,26+,29-,30+,31-/m0/s1. The van der Waals surface area contributed by atoms with Crippen LogP contribution in [-0.2, 0) is 4.74 Å². The zero-order valence-corrected chi connectivity index (χ0v) is 23.9. The molecule has 7 heteroatoms. The lowest BCUT2D eigenvalue weighted by molar-refractivity contribution is -0.895. The Morgan fingerprint density at radius 2 is 1.87 bits per heavy atom. The van der Waals surface area contributed by atoms with Gasteiger partial charge >= 0.3 is 11.7 Å². The minimum absolute atomic E-state index is 0.00837. The first-order valence-electron chi connectivity index (χ1n) is 15.2. The first kappa shape index (κ1) is 27.7. The molecular weight excluding hydrogens is 480 g/mol. The van der Waals surface area contributed by atoms with E-state index >= 15 is 0 Å². The predicted octanol–water partition coefficient (Wildman–Crippen LogP) is 3.90. The number of aliphatic hydroxyl groups is 1. The molecular formula is C31H49N2O5+. The normalized spacial score (nSPS) is 40.2. The molecule has 4 aliphatic carbocycles. The third kappa shape index (κ3) is 4.61. The van der Waals surface area contributed by atoms with E-state index in [1.807, 2.05) is 6.07 Å². The summed E-state index contributed by atoms with van der Waals surface area (Å²) >= 11 is 0. The van der Waals surface area contributed by atoms with Crippen molar-refractivity contribution in [3.63, 3.8) is 0 Å². The summed E-state index contributed by atoms with van der Waals surface area (Å²) in [5, 5.41) is 15.4. The molecule has 0 aliphatic heterocycles. The van der Waals surface area contributed by atoms with Crippen LogP contribution in [0.25, 0.3) is 0 Å². The summed E-state index contributed by atoms with van der Waals surface area (Å²) in [6.07, 6.45) is 10.3. The van der Waals surface area contributed by atoms with Crippen LogP contribution in [0.2, 0.25) is 0 Å². The molecule has 4 fully saturated rings. The highest BCUT2D eigenvalue weighted by atomic mass is 16.6. The molecule has 5 rings (SSSR count). The van der Waals surface area contributed by atoms with Crippen LogP contribution in [0.3, 0.4) is 0 Å². The van der Waals surface area contributed by atoms with Crippen molar-refractivity contribution in [2.75, 3.05) is 26.2 Å². The molecule has 38 heavy (non-hydrogen) atoms. The Bertz CT molecular complexity index is 1030. The smallest absolute Gasteiger partial charge is 0.407 e. The molecule has 1 aromatic rings. The Morgan fingerprint density at radius 3 is 2.58 bits per heavy atom. The zero-order valence-electron chi connectivity index (χ0n) is 23.9. The Labute approximate surface area is 227 Å². The second-order valence-electron chi connectivity index (χ2n) is 13.3. The second kappa shape index (κ2) is 10.6. The molecule has 0 radical (unpaired) electrons. The summed E-state index contributed by atoms with van der Waals surface area (Å²) in [7, 11) is 0. The lowest BCUT2D eigenvalue weighted by Crippen LogP contribution is -3.12. The molecule has 0 spiro atoms. The van der Waals surface area contributed by atoms with Crippen molar-refractivity contribution < 1.29 is 24.0 Å². The van der Waals surface area contributed by atoms with Crippen molar-refractivity contribution in [2.45, 2.75) is 103 Å². The monoisotopic (exact) mass is 529 g/mol. The number of hydrogen-bond acceptors (Lipinski definition) is 5. The van der Waals surface area contributed by atoms with Crippen LogP contribution >= 0.6 is 0 Å². The fourth-order valence-electron chi connectivity index (χ4n) is 9.53. The lowest BCUT2D eigenvalue weighted by Gasteiger charge is -2.63.